The number of benzene rings is 1. The highest BCUT2D eigenvalue weighted by molar-refractivity contribution is 5.88. The van der Waals surface area contributed by atoms with Gasteiger partial charge in [-0.05, 0) is 44.2 Å². The molecule has 158 valence electrons. The lowest BCUT2D eigenvalue weighted by molar-refractivity contribution is -0.128. The van der Waals surface area contributed by atoms with Gasteiger partial charge < -0.3 is 20.1 Å². The van der Waals surface area contributed by atoms with E-state index in [4.69, 9.17) is 0 Å². The molecule has 2 saturated carbocycles. The van der Waals surface area contributed by atoms with Gasteiger partial charge >= 0.3 is 0 Å². The van der Waals surface area contributed by atoms with Gasteiger partial charge in [0.1, 0.15) is 11.9 Å². The molecule has 5 atom stereocenters. The fourth-order valence-corrected chi connectivity index (χ4v) is 4.90. The third-order valence-corrected chi connectivity index (χ3v) is 6.68. The summed E-state index contributed by atoms with van der Waals surface area (Å²) in [6.07, 6.45) is -0.0272. The molecule has 2 aliphatic carbocycles. The number of nitrogens with one attached hydrogen (secondary N) is 1. The molecule has 0 saturated heterocycles. The Morgan fingerprint density at radius 1 is 1.23 bits per heavy atom. The third kappa shape index (κ3) is 2.85. The number of nitrogens with zero attached hydrogens (tertiary/aromatic N) is 4. The lowest BCUT2D eigenvalue weighted by atomic mass is 9.95. The largest absolute Gasteiger partial charge is 0.389 e. The van der Waals surface area contributed by atoms with E-state index in [-0.39, 0.29) is 11.7 Å². The fraction of sp³-hybridized carbons (Fsp3) is 0.391. The Bertz CT molecular complexity index is 1260. The Hall–Kier alpha value is -3.28. The predicted molar refractivity (Wildman–Crippen MR) is 114 cm³/mol. The Kier molecular flexibility index (Phi) is 4.36. The van der Waals surface area contributed by atoms with Crippen LogP contribution >= 0.6 is 0 Å². The summed E-state index contributed by atoms with van der Waals surface area (Å²) in [5.41, 5.74) is 2.20. The van der Waals surface area contributed by atoms with Crippen LogP contribution in [0, 0.1) is 30.1 Å². The minimum absolute atomic E-state index is 0.0915. The van der Waals surface area contributed by atoms with Crippen LogP contribution in [0.25, 0.3) is 11.2 Å². The second-order valence-electron chi connectivity index (χ2n) is 8.42. The number of ketones is 1. The van der Waals surface area contributed by atoms with E-state index < -0.39 is 23.7 Å². The highest BCUT2D eigenvalue weighted by Crippen LogP contribution is 2.68. The Morgan fingerprint density at radius 3 is 2.61 bits per heavy atom. The van der Waals surface area contributed by atoms with E-state index in [0.717, 1.165) is 11.1 Å². The van der Waals surface area contributed by atoms with Crippen LogP contribution in [0.15, 0.2) is 30.6 Å². The average molecular weight is 417 g/mol. The van der Waals surface area contributed by atoms with E-state index in [0.29, 0.717) is 29.2 Å². The lowest BCUT2D eigenvalue weighted by Gasteiger charge is -2.23. The number of aromatic nitrogens is 4. The highest BCUT2D eigenvalue weighted by atomic mass is 16.3. The number of aliphatic hydroxyl groups is 2. The Labute approximate surface area is 179 Å². The summed E-state index contributed by atoms with van der Waals surface area (Å²) in [4.78, 5) is 25.7. The molecular weight excluding hydrogens is 394 g/mol. The number of carbonyl (C=O) groups is 1. The minimum Gasteiger partial charge on any atom is -0.389 e. The molecule has 0 spiro atoms. The van der Waals surface area contributed by atoms with Crippen molar-refractivity contribution in [2.75, 3.05) is 12.4 Å². The van der Waals surface area contributed by atoms with Gasteiger partial charge in [0.25, 0.3) is 0 Å². The van der Waals surface area contributed by atoms with E-state index in [1.165, 1.54) is 6.92 Å². The van der Waals surface area contributed by atoms with Crippen LogP contribution in [0.5, 0.6) is 0 Å². The first-order valence-corrected chi connectivity index (χ1v) is 10.2. The van der Waals surface area contributed by atoms with Crippen molar-refractivity contribution in [1.82, 2.24) is 19.5 Å². The molecule has 3 N–H and O–H groups in total. The predicted octanol–water partition coefficient (Wildman–Crippen LogP) is 1.45. The Morgan fingerprint density at radius 2 is 1.97 bits per heavy atom. The zero-order chi connectivity index (χ0) is 21.9. The van der Waals surface area contributed by atoms with Crippen LogP contribution in [0.2, 0.25) is 0 Å². The molecule has 31 heavy (non-hydrogen) atoms. The fourth-order valence-electron chi connectivity index (χ4n) is 4.90. The number of aryl methyl sites for hydroxylation is 1. The van der Waals surface area contributed by atoms with Gasteiger partial charge in [0, 0.05) is 12.6 Å². The molecule has 0 radical (unpaired) electrons. The van der Waals surface area contributed by atoms with E-state index >= 15 is 0 Å². The van der Waals surface area contributed by atoms with E-state index in [1.807, 2.05) is 31.2 Å². The van der Waals surface area contributed by atoms with E-state index in [1.54, 1.807) is 17.9 Å². The SMILES string of the molecule is CNc1nc(C#Cc2ccc(C)cc2)nc2c1ncn2[C@@H]1C2C[C@]2(C(C)=O)C(O)[C@H]1O. The highest BCUT2D eigenvalue weighted by Gasteiger charge is 2.74. The second kappa shape index (κ2) is 6.87. The molecule has 2 unspecified atom stereocenters. The minimum atomic E-state index is -1.09. The zero-order valence-electron chi connectivity index (χ0n) is 17.5. The first-order chi connectivity index (χ1) is 14.9. The van der Waals surface area contributed by atoms with E-state index in [9.17, 15) is 15.0 Å². The van der Waals surface area contributed by atoms with Crippen LogP contribution in [0.4, 0.5) is 5.82 Å². The van der Waals surface area contributed by atoms with Crippen molar-refractivity contribution in [1.29, 1.82) is 0 Å². The maximum Gasteiger partial charge on any atom is 0.209 e. The number of imidazole rings is 1. The maximum atomic E-state index is 12.2. The second-order valence-corrected chi connectivity index (χ2v) is 8.42. The Balaban J connectivity index is 1.58. The van der Waals surface area contributed by atoms with Gasteiger partial charge in [-0.25, -0.2) is 15.0 Å². The molecule has 2 fully saturated rings. The molecule has 3 aromatic rings. The lowest BCUT2D eigenvalue weighted by Crippen LogP contribution is -2.36. The normalized spacial score (nSPS) is 28.7. The number of hydrogen-bond donors (Lipinski definition) is 3. The molecule has 2 heterocycles. The van der Waals surface area contributed by atoms with Crippen molar-refractivity contribution < 1.29 is 15.0 Å². The number of aliphatic hydroxyl groups excluding tert-OH is 2. The third-order valence-electron chi connectivity index (χ3n) is 6.68. The summed E-state index contributed by atoms with van der Waals surface area (Å²) >= 11 is 0. The van der Waals surface area contributed by atoms with Gasteiger partial charge in [-0.1, -0.05) is 23.6 Å². The molecular formula is C23H23N5O3. The average Bonchev–Trinajstić information content (AvgIpc) is 3.31. The van der Waals surface area contributed by atoms with Crippen molar-refractivity contribution in [3.8, 4) is 11.8 Å². The summed E-state index contributed by atoms with van der Waals surface area (Å²) in [5, 5.41) is 24.3. The van der Waals surface area contributed by atoms with Crippen LogP contribution in [0.1, 0.15) is 36.3 Å². The van der Waals surface area contributed by atoms with Crippen LogP contribution in [-0.4, -0.2) is 54.8 Å². The molecule has 8 nitrogen and oxygen atoms in total. The van der Waals surface area contributed by atoms with Crippen molar-refractivity contribution in [3.63, 3.8) is 0 Å². The summed E-state index contributed by atoms with van der Waals surface area (Å²) in [5.74, 6) is 6.68. The van der Waals surface area contributed by atoms with E-state index in [2.05, 4.69) is 32.1 Å². The van der Waals surface area contributed by atoms with Gasteiger partial charge in [-0.2, -0.15) is 0 Å². The molecule has 2 aliphatic rings. The number of rotatable bonds is 3. The van der Waals surface area contributed by atoms with Crippen LogP contribution in [-0.2, 0) is 4.79 Å². The van der Waals surface area contributed by atoms with Gasteiger partial charge in [0.2, 0.25) is 5.82 Å². The maximum absolute atomic E-state index is 12.2. The summed E-state index contributed by atoms with van der Waals surface area (Å²) in [6.45, 7) is 3.49. The van der Waals surface area contributed by atoms with Crippen LogP contribution < -0.4 is 5.32 Å². The summed E-state index contributed by atoms with van der Waals surface area (Å²) in [6, 6.07) is 7.38. The topological polar surface area (TPSA) is 113 Å². The molecule has 1 aromatic carbocycles. The van der Waals surface area contributed by atoms with Crippen molar-refractivity contribution >= 4 is 22.8 Å². The van der Waals surface area contributed by atoms with Crippen molar-refractivity contribution in [2.24, 2.45) is 11.3 Å². The standard InChI is InChI=1S/C23H23N5O3/c1-12-4-6-14(7-5-12)8-9-16-26-21(24-3)17-22(27-16)28(11-25-17)18-15-10-23(15,13(2)29)20(31)19(18)30/h4-7,11,15,18-20,30-31H,10H2,1-3H3,(H,24,26,27)/t15?,18-,19+,20?,23-/m1/s1. The quantitative estimate of drug-likeness (QED) is 0.553. The first kappa shape index (κ1) is 19.7. The summed E-state index contributed by atoms with van der Waals surface area (Å²) in [7, 11) is 1.74. The molecule has 5 rings (SSSR count). The number of fused-ring (bicyclic) bond motifs is 2. The van der Waals surface area contributed by atoms with Crippen LogP contribution in [0.3, 0.4) is 0 Å². The number of Topliss-reactive ketones (excluding diaryl/α,β-unsaturated/α-hetero) is 1. The smallest absolute Gasteiger partial charge is 0.209 e. The molecule has 8 heteroatoms. The van der Waals surface area contributed by atoms with Gasteiger partial charge in [0.05, 0.1) is 23.9 Å². The zero-order valence-corrected chi connectivity index (χ0v) is 17.5. The number of anilines is 1. The number of hydrogen-bond acceptors (Lipinski definition) is 7. The van der Waals surface area contributed by atoms with Gasteiger partial charge in [-0.3, -0.25) is 4.79 Å². The molecule has 2 aromatic heterocycles. The number of carbonyl (C=O) groups excluding carboxylic acids is 1. The summed E-state index contributed by atoms with van der Waals surface area (Å²) < 4.78 is 1.76. The van der Waals surface area contributed by atoms with Crippen molar-refractivity contribution in [3.05, 3.63) is 47.5 Å². The first-order valence-electron chi connectivity index (χ1n) is 10.2. The molecule has 0 aliphatic heterocycles. The van der Waals surface area contributed by atoms with Gasteiger partial charge in [-0.15, -0.1) is 0 Å². The molecule has 0 bridgehead atoms. The molecule has 0 amide bonds. The van der Waals surface area contributed by atoms with Gasteiger partial charge in [0.15, 0.2) is 17.0 Å². The van der Waals surface area contributed by atoms with Crippen molar-refractivity contribution in [2.45, 2.75) is 38.5 Å². The monoisotopic (exact) mass is 417 g/mol.